The first-order valence-electron chi connectivity index (χ1n) is 10.1. The number of amides is 1. The second-order valence-corrected chi connectivity index (χ2v) is 7.81. The first-order chi connectivity index (χ1) is 13.8. The van der Waals surface area contributed by atoms with Gasteiger partial charge in [-0.3, -0.25) is 10.3 Å². The van der Waals surface area contributed by atoms with Gasteiger partial charge in [0.05, 0.1) is 43.9 Å². The molecule has 29 heavy (non-hydrogen) atoms. The van der Waals surface area contributed by atoms with Crippen LogP contribution in [0, 0.1) is 0 Å². The summed E-state index contributed by atoms with van der Waals surface area (Å²) >= 11 is 0. The minimum atomic E-state index is -0.682. The Balaban J connectivity index is 1.99. The lowest BCUT2D eigenvalue weighted by atomic mass is 9.99. The fourth-order valence-corrected chi connectivity index (χ4v) is 3.41. The number of carbonyl (C=O) groups excluding carboxylic acids is 1. The number of hydrogen-bond acceptors (Lipinski definition) is 8. The van der Waals surface area contributed by atoms with Crippen molar-refractivity contribution in [2.75, 3.05) is 27.4 Å². The van der Waals surface area contributed by atoms with Crippen molar-refractivity contribution in [1.82, 2.24) is 26.1 Å². The third-order valence-electron chi connectivity index (χ3n) is 5.03. The number of aromatic nitrogens is 1. The first kappa shape index (κ1) is 23.3. The molecule has 1 aromatic rings. The van der Waals surface area contributed by atoms with E-state index in [9.17, 15) is 9.90 Å². The molecule has 2 atom stereocenters. The molecule has 0 unspecified atom stereocenters. The Kier molecular flexibility index (Phi) is 8.63. The van der Waals surface area contributed by atoms with Crippen molar-refractivity contribution in [3.63, 3.8) is 0 Å². The molecule has 9 nitrogen and oxygen atoms in total. The molecule has 0 aliphatic carbocycles. The van der Waals surface area contributed by atoms with E-state index in [0.717, 1.165) is 37.2 Å². The number of nitrogens with zero attached hydrogens (tertiary/aromatic N) is 2. The number of ether oxygens (including phenoxy) is 2. The lowest BCUT2D eigenvalue weighted by molar-refractivity contribution is 0.00729. The first-order valence-corrected chi connectivity index (χ1v) is 10.1. The van der Waals surface area contributed by atoms with Crippen molar-refractivity contribution >= 4 is 6.09 Å². The van der Waals surface area contributed by atoms with Gasteiger partial charge in [0.1, 0.15) is 5.75 Å². The van der Waals surface area contributed by atoms with E-state index in [4.69, 9.17) is 14.5 Å². The largest absolute Gasteiger partial charge is 0.495 e. The van der Waals surface area contributed by atoms with Crippen LogP contribution in [0.2, 0.25) is 0 Å². The number of carbonyl (C=O) groups is 1. The van der Waals surface area contributed by atoms with Gasteiger partial charge in [-0.05, 0) is 38.8 Å². The van der Waals surface area contributed by atoms with E-state index in [1.807, 2.05) is 26.0 Å². The Morgan fingerprint density at radius 2 is 2.14 bits per heavy atom. The molecule has 9 heteroatoms. The van der Waals surface area contributed by atoms with Crippen molar-refractivity contribution in [3.8, 4) is 5.75 Å². The Hall–Kier alpha value is -1.94. The zero-order chi connectivity index (χ0) is 21.4. The molecule has 2 rings (SSSR count). The van der Waals surface area contributed by atoms with Crippen molar-refractivity contribution in [2.45, 2.75) is 64.3 Å². The Morgan fingerprint density at radius 3 is 2.72 bits per heavy atom. The summed E-state index contributed by atoms with van der Waals surface area (Å²) < 4.78 is 10.2. The van der Waals surface area contributed by atoms with Crippen LogP contribution in [0.25, 0.3) is 0 Å². The average molecular weight is 410 g/mol. The van der Waals surface area contributed by atoms with E-state index in [0.29, 0.717) is 18.3 Å². The summed E-state index contributed by atoms with van der Waals surface area (Å²) in [6.45, 7) is 7.48. The van der Waals surface area contributed by atoms with Crippen LogP contribution in [0.4, 0.5) is 4.79 Å². The third-order valence-corrected chi connectivity index (χ3v) is 5.03. The van der Waals surface area contributed by atoms with Gasteiger partial charge in [-0.15, -0.1) is 0 Å². The van der Waals surface area contributed by atoms with E-state index < -0.39 is 11.6 Å². The van der Waals surface area contributed by atoms with Crippen molar-refractivity contribution < 1.29 is 19.4 Å². The molecule has 0 radical (unpaired) electrons. The highest BCUT2D eigenvalue weighted by Crippen LogP contribution is 2.25. The molecule has 1 aliphatic rings. The second kappa shape index (κ2) is 10.7. The van der Waals surface area contributed by atoms with E-state index in [1.165, 1.54) is 7.11 Å². The highest BCUT2D eigenvalue weighted by molar-refractivity contribution is 5.68. The van der Waals surface area contributed by atoms with Crippen LogP contribution in [0.3, 0.4) is 0 Å². The second-order valence-electron chi connectivity index (χ2n) is 7.81. The number of methoxy groups -OCH3 is 2. The molecule has 0 bridgehead atoms. The molecule has 1 aromatic heterocycles. The predicted octanol–water partition coefficient (Wildman–Crippen LogP) is 1.47. The van der Waals surface area contributed by atoms with Gasteiger partial charge in [0.25, 0.3) is 0 Å². The summed E-state index contributed by atoms with van der Waals surface area (Å²) in [5, 5.41) is 17.6. The molecule has 1 amide bonds. The highest BCUT2D eigenvalue weighted by atomic mass is 16.5. The number of rotatable bonds is 11. The molecule has 1 aliphatic heterocycles. The van der Waals surface area contributed by atoms with Crippen molar-refractivity contribution in [3.05, 3.63) is 23.5 Å². The number of hydrazine groups is 1. The zero-order valence-corrected chi connectivity index (χ0v) is 18.1. The zero-order valence-electron chi connectivity index (χ0n) is 18.1. The average Bonchev–Trinajstić information content (AvgIpc) is 2.66. The summed E-state index contributed by atoms with van der Waals surface area (Å²) in [6.07, 6.45) is 2.56. The monoisotopic (exact) mass is 409 g/mol. The van der Waals surface area contributed by atoms with Crippen LogP contribution in [-0.2, 0) is 16.8 Å². The van der Waals surface area contributed by atoms with Crippen LogP contribution in [-0.4, -0.2) is 60.8 Å². The van der Waals surface area contributed by atoms with Crippen LogP contribution in [0.5, 0.6) is 5.75 Å². The number of aliphatic hydroxyl groups excluding tert-OH is 1. The van der Waals surface area contributed by atoms with Crippen LogP contribution >= 0.6 is 0 Å². The SMILES string of the molecule is CCC[C@@H](CCO)N[C@@H]1CN(Cc2nc(C(C)(C)NC(=O)OC)ccc2OC)N1. The van der Waals surface area contributed by atoms with Gasteiger partial charge in [-0.25, -0.2) is 15.2 Å². The maximum atomic E-state index is 11.6. The number of pyridine rings is 1. The van der Waals surface area contributed by atoms with Gasteiger partial charge in [-0.2, -0.15) is 0 Å². The van der Waals surface area contributed by atoms with Gasteiger partial charge in [0, 0.05) is 19.2 Å². The number of nitrogens with one attached hydrogen (secondary N) is 3. The molecule has 0 spiro atoms. The summed E-state index contributed by atoms with van der Waals surface area (Å²) in [6, 6.07) is 4.02. The van der Waals surface area contributed by atoms with Crippen LogP contribution < -0.4 is 20.8 Å². The van der Waals surface area contributed by atoms with Crippen molar-refractivity contribution in [1.29, 1.82) is 0 Å². The molecule has 1 fully saturated rings. The van der Waals surface area contributed by atoms with Gasteiger partial charge in [0.15, 0.2) is 0 Å². The predicted molar refractivity (Wildman–Crippen MR) is 110 cm³/mol. The number of aliphatic hydroxyl groups is 1. The summed E-state index contributed by atoms with van der Waals surface area (Å²) in [5.74, 6) is 0.699. The summed E-state index contributed by atoms with van der Waals surface area (Å²) in [7, 11) is 2.96. The molecule has 1 saturated heterocycles. The lowest BCUT2D eigenvalue weighted by Gasteiger charge is -2.42. The normalized spacial score (nSPS) is 18.1. The van der Waals surface area contributed by atoms with Gasteiger partial charge < -0.3 is 19.9 Å². The fraction of sp³-hybridized carbons (Fsp3) is 0.700. The molecule has 4 N–H and O–H groups in total. The van der Waals surface area contributed by atoms with E-state index in [-0.39, 0.29) is 12.8 Å². The number of alkyl carbamates (subject to hydrolysis) is 1. The molecule has 0 saturated carbocycles. The summed E-state index contributed by atoms with van der Waals surface area (Å²) in [5.41, 5.74) is 4.21. The van der Waals surface area contributed by atoms with E-state index >= 15 is 0 Å². The van der Waals surface area contributed by atoms with Crippen molar-refractivity contribution in [2.24, 2.45) is 0 Å². The fourth-order valence-electron chi connectivity index (χ4n) is 3.41. The molecular weight excluding hydrogens is 374 g/mol. The topological polar surface area (TPSA) is 108 Å². The Bertz CT molecular complexity index is 658. The molecule has 0 aromatic carbocycles. The molecule has 2 heterocycles. The Labute approximate surface area is 173 Å². The quantitative estimate of drug-likeness (QED) is 0.435. The standard InChI is InChI=1S/C20H35N5O4/c1-6-7-14(10-11-26)21-18-13-25(24-18)12-15-16(28-4)8-9-17(22-15)20(2,3)23-19(27)29-5/h8-9,14,18,21,24,26H,6-7,10-13H2,1-5H3,(H,23,27)/t14-,18-/m0/s1. The molecular formula is C20H35N5O4. The van der Waals surface area contributed by atoms with Gasteiger partial charge in [-0.1, -0.05) is 13.3 Å². The van der Waals surface area contributed by atoms with E-state index in [2.05, 4.69) is 28.0 Å². The minimum Gasteiger partial charge on any atom is -0.495 e. The van der Waals surface area contributed by atoms with Gasteiger partial charge in [0.2, 0.25) is 0 Å². The molecule has 164 valence electrons. The maximum absolute atomic E-state index is 11.6. The summed E-state index contributed by atoms with van der Waals surface area (Å²) in [4.78, 5) is 16.4. The highest BCUT2D eigenvalue weighted by Gasteiger charge is 2.30. The lowest BCUT2D eigenvalue weighted by Crippen LogP contribution is -2.68. The smallest absolute Gasteiger partial charge is 0.407 e. The van der Waals surface area contributed by atoms with Gasteiger partial charge >= 0.3 is 6.09 Å². The van der Waals surface area contributed by atoms with Crippen LogP contribution in [0.1, 0.15) is 51.4 Å². The minimum absolute atomic E-state index is 0.185. The number of hydrogen-bond donors (Lipinski definition) is 4. The third kappa shape index (κ3) is 6.53. The van der Waals surface area contributed by atoms with E-state index in [1.54, 1.807) is 7.11 Å². The maximum Gasteiger partial charge on any atom is 0.407 e. The van der Waals surface area contributed by atoms with Crippen LogP contribution in [0.15, 0.2) is 12.1 Å². The Morgan fingerprint density at radius 1 is 1.41 bits per heavy atom.